The number of aryl methyl sites for hydroxylation is 1. The van der Waals surface area contributed by atoms with E-state index < -0.39 is 0 Å². The summed E-state index contributed by atoms with van der Waals surface area (Å²) in [7, 11) is 1.84. The molecule has 0 atom stereocenters. The minimum atomic E-state index is -0.0563. The smallest absolute Gasteiger partial charge is 0.250 e. The summed E-state index contributed by atoms with van der Waals surface area (Å²) in [5, 5.41) is 2.92. The maximum absolute atomic E-state index is 11.0. The van der Waals surface area contributed by atoms with Gasteiger partial charge in [-0.25, -0.2) is 0 Å². The van der Waals surface area contributed by atoms with Crippen molar-refractivity contribution in [3.05, 3.63) is 33.7 Å². The zero-order valence-electron chi connectivity index (χ0n) is 7.77. The predicted octanol–water partition coefficient (Wildman–Crippen LogP) is 0.254. The molecule has 68 valence electrons. The third kappa shape index (κ3) is 2.77. The van der Waals surface area contributed by atoms with Gasteiger partial charge in [-0.05, 0) is 20.0 Å². The molecule has 0 saturated heterocycles. The maximum Gasteiger partial charge on any atom is 0.250 e. The van der Waals surface area contributed by atoms with Gasteiger partial charge in [0.1, 0.15) is 0 Å². The molecule has 0 aliphatic heterocycles. The first-order valence-corrected chi connectivity index (χ1v) is 4.07. The van der Waals surface area contributed by atoms with Crippen molar-refractivity contribution in [3.8, 4) is 11.8 Å². The van der Waals surface area contributed by atoms with Crippen molar-refractivity contribution in [1.82, 2.24) is 10.3 Å². The van der Waals surface area contributed by atoms with E-state index in [0.717, 1.165) is 5.56 Å². The van der Waals surface area contributed by atoms with Gasteiger partial charge in [0.2, 0.25) is 0 Å². The third-order valence-corrected chi connectivity index (χ3v) is 1.59. The lowest BCUT2D eigenvalue weighted by atomic mass is 10.2. The van der Waals surface area contributed by atoms with Crippen molar-refractivity contribution in [2.24, 2.45) is 0 Å². The SMILES string of the molecule is CNCC#Cc1c[nH]c(=O)c(C)c1. The molecule has 0 amide bonds. The number of aromatic nitrogens is 1. The molecule has 0 bridgehead atoms. The molecule has 3 nitrogen and oxygen atoms in total. The molecule has 0 aromatic carbocycles. The summed E-state index contributed by atoms with van der Waals surface area (Å²) in [5.74, 6) is 5.85. The van der Waals surface area contributed by atoms with Crippen molar-refractivity contribution in [3.63, 3.8) is 0 Å². The molecule has 2 N–H and O–H groups in total. The van der Waals surface area contributed by atoms with Gasteiger partial charge in [-0.2, -0.15) is 0 Å². The van der Waals surface area contributed by atoms with Crippen LogP contribution in [-0.2, 0) is 0 Å². The average Bonchev–Trinajstić information content (AvgIpc) is 2.12. The third-order valence-electron chi connectivity index (χ3n) is 1.59. The van der Waals surface area contributed by atoms with E-state index in [9.17, 15) is 4.79 Å². The van der Waals surface area contributed by atoms with Gasteiger partial charge in [-0.1, -0.05) is 11.8 Å². The van der Waals surface area contributed by atoms with Gasteiger partial charge in [-0.3, -0.25) is 4.79 Å². The van der Waals surface area contributed by atoms with Crippen LogP contribution in [0.2, 0.25) is 0 Å². The van der Waals surface area contributed by atoms with Crippen LogP contribution in [0.5, 0.6) is 0 Å². The average molecular weight is 176 g/mol. The van der Waals surface area contributed by atoms with Gasteiger partial charge in [0.15, 0.2) is 0 Å². The van der Waals surface area contributed by atoms with E-state index in [1.807, 2.05) is 7.05 Å². The van der Waals surface area contributed by atoms with E-state index in [1.54, 1.807) is 19.2 Å². The van der Waals surface area contributed by atoms with Gasteiger partial charge in [0.25, 0.3) is 5.56 Å². The van der Waals surface area contributed by atoms with Crippen molar-refractivity contribution in [1.29, 1.82) is 0 Å². The van der Waals surface area contributed by atoms with E-state index >= 15 is 0 Å². The highest BCUT2D eigenvalue weighted by molar-refractivity contribution is 5.34. The van der Waals surface area contributed by atoms with E-state index in [-0.39, 0.29) is 5.56 Å². The molecule has 0 fully saturated rings. The Bertz CT molecular complexity index is 395. The Hall–Kier alpha value is -1.53. The fourth-order valence-corrected chi connectivity index (χ4v) is 0.904. The molecule has 0 aliphatic rings. The molecule has 13 heavy (non-hydrogen) atoms. The molecule has 0 spiro atoms. The number of hydrogen-bond donors (Lipinski definition) is 2. The monoisotopic (exact) mass is 176 g/mol. The molecule has 1 rings (SSSR count). The molecule has 0 radical (unpaired) electrons. The molecule has 3 heteroatoms. The van der Waals surface area contributed by atoms with Crippen molar-refractivity contribution in [2.75, 3.05) is 13.6 Å². The number of aromatic amines is 1. The Balaban J connectivity index is 2.87. The van der Waals surface area contributed by atoms with E-state index in [2.05, 4.69) is 22.1 Å². The molecular weight excluding hydrogens is 164 g/mol. The molecule has 1 aromatic heterocycles. The quantitative estimate of drug-likeness (QED) is 0.603. The number of pyridine rings is 1. The summed E-state index contributed by atoms with van der Waals surface area (Å²) in [4.78, 5) is 13.6. The fraction of sp³-hybridized carbons (Fsp3) is 0.300. The highest BCUT2D eigenvalue weighted by Gasteiger charge is 1.92. The molecule has 0 saturated carbocycles. The number of nitrogens with one attached hydrogen (secondary N) is 2. The standard InChI is InChI=1S/C10H12N2O/c1-8-6-9(4-3-5-11-2)7-12-10(8)13/h6-7,11H,5H2,1-2H3,(H,12,13). The molecule has 0 aliphatic carbocycles. The van der Waals surface area contributed by atoms with E-state index in [1.165, 1.54) is 0 Å². The van der Waals surface area contributed by atoms with Crippen LogP contribution in [-0.4, -0.2) is 18.6 Å². The number of hydrogen-bond acceptors (Lipinski definition) is 2. The number of rotatable bonds is 1. The molecular formula is C10H12N2O. The minimum Gasteiger partial charge on any atom is -0.328 e. The first-order valence-electron chi connectivity index (χ1n) is 4.07. The Labute approximate surface area is 77.2 Å². The predicted molar refractivity (Wildman–Crippen MR) is 52.6 cm³/mol. The fourth-order valence-electron chi connectivity index (χ4n) is 0.904. The second-order valence-electron chi connectivity index (χ2n) is 2.73. The van der Waals surface area contributed by atoms with Gasteiger partial charge in [-0.15, -0.1) is 0 Å². The lowest BCUT2D eigenvalue weighted by Gasteiger charge is -1.92. The zero-order valence-corrected chi connectivity index (χ0v) is 7.77. The van der Waals surface area contributed by atoms with Crippen LogP contribution < -0.4 is 10.9 Å². The largest absolute Gasteiger partial charge is 0.328 e. The van der Waals surface area contributed by atoms with Crippen LogP contribution in [0.3, 0.4) is 0 Å². The highest BCUT2D eigenvalue weighted by Crippen LogP contribution is 1.93. The maximum atomic E-state index is 11.0. The van der Waals surface area contributed by atoms with Crippen LogP contribution >= 0.6 is 0 Å². The molecule has 0 unspecified atom stereocenters. The van der Waals surface area contributed by atoms with Gasteiger partial charge in [0, 0.05) is 17.3 Å². The zero-order chi connectivity index (χ0) is 9.68. The normalized spacial score (nSPS) is 9.08. The summed E-state index contributed by atoms with van der Waals surface area (Å²) in [5.41, 5.74) is 1.47. The van der Waals surface area contributed by atoms with Gasteiger partial charge >= 0.3 is 0 Å². The van der Waals surface area contributed by atoms with Crippen LogP contribution in [0.15, 0.2) is 17.1 Å². The van der Waals surface area contributed by atoms with Crippen molar-refractivity contribution >= 4 is 0 Å². The minimum absolute atomic E-state index is 0.0563. The summed E-state index contributed by atoms with van der Waals surface area (Å²) in [6, 6.07) is 1.78. The van der Waals surface area contributed by atoms with E-state index in [0.29, 0.717) is 12.1 Å². The lowest BCUT2D eigenvalue weighted by Crippen LogP contribution is -2.08. The second-order valence-corrected chi connectivity index (χ2v) is 2.73. The Morgan fingerprint density at radius 1 is 1.62 bits per heavy atom. The first kappa shape index (κ1) is 9.56. The van der Waals surface area contributed by atoms with Crippen molar-refractivity contribution in [2.45, 2.75) is 6.92 Å². The van der Waals surface area contributed by atoms with E-state index in [4.69, 9.17) is 0 Å². The Morgan fingerprint density at radius 3 is 3.00 bits per heavy atom. The summed E-state index contributed by atoms with van der Waals surface area (Å²) in [6.45, 7) is 2.42. The molecule has 1 aromatic rings. The topological polar surface area (TPSA) is 44.9 Å². The summed E-state index contributed by atoms with van der Waals surface area (Å²) < 4.78 is 0. The highest BCUT2D eigenvalue weighted by atomic mass is 16.1. The van der Waals surface area contributed by atoms with Crippen molar-refractivity contribution < 1.29 is 0 Å². The number of H-pyrrole nitrogens is 1. The van der Waals surface area contributed by atoms with Crippen LogP contribution in [0.1, 0.15) is 11.1 Å². The van der Waals surface area contributed by atoms with Gasteiger partial charge in [0.05, 0.1) is 6.54 Å². The van der Waals surface area contributed by atoms with Gasteiger partial charge < -0.3 is 10.3 Å². The van der Waals surface area contributed by atoms with Crippen LogP contribution in [0.25, 0.3) is 0 Å². The van der Waals surface area contributed by atoms with Crippen LogP contribution in [0.4, 0.5) is 0 Å². The second kappa shape index (κ2) is 4.48. The van der Waals surface area contributed by atoms with Crippen LogP contribution in [0, 0.1) is 18.8 Å². The Morgan fingerprint density at radius 2 is 2.38 bits per heavy atom. The summed E-state index contributed by atoms with van der Waals surface area (Å²) in [6.07, 6.45) is 1.62. The molecule has 1 heterocycles. The Kier molecular flexibility index (Phi) is 3.30. The first-order chi connectivity index (χ1) is 6.24. The summed E-state index contributed by atoms with van der Waals surface area (Å²) >= 11 is 0. The lowest BCUT2D eigenvalue weighted by molar-refractivity contribution is 0.938.